The van der Waals surface area contributed by atoms with E-state index >= 15 is 0 Å². The zero-order chi connectivity index (χ0) is 14.8. The highest BCUT2D eigenvalue weighted by Gasteiger charge is 2.10. The van der Waals surface area contributed by atoms with Gasteiger partial charge in [0.05, 0.1) is 11.8 Å². The van der Waals surface area contributed by atoms with Gasteiger partial charge < -0.3 is 14.4 Å². The maximum Gasteiger partial charge on any atom is 0.335 e. The Hall–Kier alpha value is -2.82. The second-order valence-corrected chi connectivity index (χ2v) is 4.78. The molecule has 0 unspecified atom stereocenters. The number of rotatable bonds is 4. The molecule has 0 atom stereocenters. The Morgan fingerprint density at radius 2 is 2.24 bits per heavy atom. The average Bonchev–Trinajstić information content (AvgIpc) is 2.82. The number of ether oxygens (including phenoxy) is 1. The second-order valence-electron chi connectivity index (χ2n) is 4.78. The summed E-state index contributed by atoms with van der Waals surface area (Å²) in [7, 11) is 1.89. The zero-order valence-corrected chi connectivity index (χ0v) is 11.5. The topological polar surface area (TPSA) is 64.4 Å². The van der Waals surface area contributed by atoms with E-state index in [9.17, 15) is 4.79 Å². The van der Waals surface area contributed by atoms with E-state index < -0.39 is 5.97 Å². The number of benzene rings is 1. The summed E-state index contributed by atoms with van der Waals surface area (Å²) < 4.78 is 7.61. The van der Waals surface area contributed by atoms with Gasteiger partial charge >= 0.3 is 5.97 Å². The van der Waals surface area contributed by atoms with Crippen molar-refractivity contribution in [3.05, 3.63) is 60.0 Å². The number of pyridine rings is 1. The van der Waals surface area contributed by atoms with E-state index in [0.717, 1.165) is 16.5 Å². The molecule has 1 aromatic carbocycles. The van der Waals surface area contributed by atoms with Crippen LogP contribution in [0.25, 0.3) is 10.9 Å². The molecule has 21 heavy (non-hydrogen) atoms. The molecule has 0 aliphatic rings. The molecule has 3 aromatic rings. The summed E-state index contributed by atoms with van der Waals surface area (Å²) in [4.78, 5) is 15.0. The van der Waals surface area contributed by atoms with Crippen molar-refractivity contribution in [2.24, 2.45) is 7.05 Å². The monoisotopic (exact) mass is 282 g/mol. The molecular weight excluding hydrogens is 268 g/mol. The molecule has 2 aromatic heterocycles. The lowest BCUT2D eigenvalue weighted by atomic mass is 10.1. The Bertz CT molecular complexity index is 794. The minimum atomic E-state index is -0.925. The van der Waals surface area contributed by atoms with Crippen molar-refractivity contribution in [3.8, 4) is 5.75 Å². The predicted molar refractivity (Wildman–Crippen MR) is 78.4 cm³/mol. The highest BCUT2D eigenvalue weighted by molar-refractivity contribution is 5.94. The van der Waals surface area contributed by atoms with Gasteiger partial charge in [0, 0.05) is 35.9 Å². The fourth-order valence-corrected chi connectivity index (χ4v) is 2.31. The van der Waals surface area contributed by atoms with E-state index in [1.807, 2.05) is 36.0 Å². The van der Waals surface area contributed by atoms with Gasteiger partial charge in [0.25, 0.3) is 0 Å². The lowest BCUT2D eigenvalue weighted by molar-refractivity contribution is 0.0697. The first-order valence-corrected chi connectivity index (χ1v) is 6.49. The molecule has 3 rings (SSSR count). The van der Waals surface area contributed by atoms with E-state index in [-0.39, 0.29) is 5.56 Å². The van der Waals surface area contributed by atoms with Crippen LogP contribution in [-0.4, -0.2) is 20.6 Å². The number of fused-ring (bicyclic) bond motifs is 1. The highest BCUT2D eigenvalue weighted by atomic mass is 16.5. The fourth-order valence-electron chi connectivity index (χ4n) is 2.31. The number of hydrogen-bond donors (Lipinski definition) is 1. The van der Waals surface area contributed by atoms with Crippen molar-refractivity contribution >= 4 is 16.9 Å². The Kier molecular flexibility index (Phi) is 3.31. The first-order chi connectivity index (χ1) is 10.1. The Morgan fingerprint density at radius 3 is 2.95 bits per heavy atom. The molecule has 0 saturated carbocycles. The molecular formula is C16H14N2O3. The first kappa shape index (κ1) is 13.2. The Morgan fingerprint density at radius 1 is 1.38 bits per heavy atom. The van der Waals surface area contributed by atoms with Gasteiger partial charge in [-0.1, -0.05) is 6.07 Å². The third-order valence-corrected chi connectivity index (χ3v) is 3.35. The summed E-state index contributed by atoms with van der Waals surface area (Å²) in [5.74, 6) is -0.220. The SMILES string of the molecule is Cn1cc(COc2cccnc2)c2ccc(C(=O)O)cc21. The molecule has 0 aliphatic carbocycles. The number of carbonyl (C=O) groups is 1. The molecule has 106 valence electrons. The lowest BCUT2D eigenvalue weighted by Crippen LogP contribution is -1.96. The lowest BCUT2D eigenvalue weighted by Gasteiger charge is -2.04. The van der Waals surface area contributed by atoms with Crippen LogP contribution >= 0.6 is 0 Å². The van der Waals surface area contributed by atoms with Gasteiger partial charge in [0.2, 0.25) is 0 Å². The van der Waals surface area contributed by atoms with Crippen LogP contribution < -0.4 is 4.74 Å². The third kappa shape index (κ3) is 2.58. The van der Waals surface area contributed by atoms with E-state index in [4.69, 9.17) is 9.84 Å². The molecule has 2 heterocycles. The molecule has 0 saturated heterocycles. The van der Waals surface area contributed by atoms with Gasteiger partial charge in [-0.3, -0.25) is 4.98 Å². The van der Waals surface area contributed by atoms with E-state index in [1.54, 1.807) is 24.5 Å². The van der Waals surface area contributed by atoms with Crippen molar-refractivity contribution < 1.29 is 14.6 Å². The summed E-state index contributed by atoms with van der Waals surface area (Å²) in [5.41, 5.74) is 2.16. The normalized spacial score (nSPS) is 10.7. The number of aryl methyl sites for hydroxylation is 1. The molecule has 0 aliphatic heterocycles. The van der Waals surface area contributed by atoms with Gasteiger partial charge in [0.15, 0.2) is 0 Å². The predicted octanol–water partition coefficient (Wildman–Crippen LogP) is 2.85. The number of hydrogen-bond acceptors (Lipinski definition) is 3. The zero-order valence-electron chi connectivity index (χ0n) is 11.5. The van der Waals surface area contributed by atoms with Gasteiger partial charge in [-0.05, 0) is 24.3 Å². The highest BCUT2D eigenvalue weighted by Crippen LogP contribution is 2.23. The summed E-state index contributed by atoms with van der Waals surface area (Å²) >= 11 is 0. The minimum absolute atomic E-state index is 0.281. The number of carboxylic acid groups (broad SMARTS) is 1. The average molecular weight is 282 g/mol. The molecule has 0 bridgehead atoms. The van der Waals surface area contributed by atoms with Gasteiger partial charge in [-0.25, -0.2) is 4.79 Å². The molecule has 0 fully saturated rings. The van der Waals surface area contributed by atoms with Gasteiger partial charge in [-0.15, -0.1) is 0 Å². The molecule has 0 amide bonds. The van der Waals surface area contributed by atoms with Crippen molar-refractivity contribution in [2.45, 2.75) is 6.61 Å². The van der Waals surface area contributed by atoms with Crippen molar-refractivity contribution in [3.63, 3.8) is 0 Å². The third-order valence-electron chi connectivity index (χ3n) is 3.35. The number of carboxylic acids is 1. The van der Waals surface area contributed by atoms with E-state index in [1.165, 1.54) is 0 Å². The summed E-state index contributed by atoms with van der Waals surface area (Å²) in [6.45, 7) is 0.412. The molecule has 5 nitrogen and oxygen atoms in total. The van der Waals surface area contributed by atoms with Crippen LogP contribution in [0.1, 0.15) is 15.9 Å². The van der Waals surface area contributed by atoms with E-state index in [0.29, 0.717) is 12.4 Å². The molecule has 5 heteroatoms. The summed E-state index contributed by atoms with van der Waals surface area (Å²) in [6, 6.07) is 8.77. The van der Waals surface area contributed by atoms with Crippen LogP contribution in [0.4, 0.5) is 0 Å². The van der Waals surface area contributed by atoms with Crippen molar-refractivity contribution in [1.82, 2.24) is 9.55 Å². The number of nitrogens with zero attached hydrogens (tertiary/aromatic N) is 2. The Labute approximate surface area is 121 Å². The molecule has 1 N–H and O–H groups in total. The van der Waals surface area contributed by atoms with Gasteiger partial charge in [-0.2, -0.15) is 0 Å². The maximum atomic E-state index is 11.0. The first-order valence-electron chi connectivity index (χ1n) is 6.49. The van der Waals surface area contributed by atoms with Crippen LogP contribution in [0.3, 0.4) is 0 Å². The molecule has 0 radical (unpaired) electrons. The minimum Gasteiger partial charge on any atom is -0.487 e. The number of aromatic nitrogens is 2. The van der Waals surface area contributed by atoms with Crippen LogP contribution in [0.2, 0.25) is 0 Å². The van der Waals surface area contributed by atoms with Gasteiger partial charge in [0.1, 0.15) is 12.4 Å². The van der Waals surface area contributed by atoms with Crippen LogP contribution in [0.15, 0.2) is 48.9 Å². The van der Waals surface area contributed by atoms with Crippen LogP contribution in [-0.2, 0) is 13.7 Å². The van der Waals surface area contributed by atoms with E-state index in [2.05, 4.69) is 4.98 Å². The largest absolute Gasteiger partial charge is 0.487 e. The smallest absolute Gasteiger partial charge is 0.335 e. The number of aromatic carboxylic acids is 1. The Balaban J connectivity index is 1.91. The van der Waals surface area contributed by atoms with Crippen LogP contribution in [0, 0.1) is 0 Å². The quantitative estimate of drug-likeness (QED) is 0.799. The van der Waals surface area contributed by atoms with Crippen molar-refractivity contribution in [1.29, 1.82) is 0 Å². The standard InChI is InChI=1S/C16H14N2O3/c1-18-9-12(10-21-13-3-2-6-17-8-13)14-5-4-11(16(19)20)7-15(14)18/h2-9H,10H2,1H3,(H,19,20). The summed E-state index contributed by atoms with van der Waals surface area (Å²) in [5, 5.41) is 10.0. The molecule has 0 spiro atoms. The van der Waals surface area contributed by atoms with Crippen LogP contribution in [0.5, 0.6) is 5.75 Å². The van der Waals surface area contributed by atoms with Crippen molar-refractivity contribution in [2.75, 3.05) is 0 Å². The summed E-state index contributed by atoms with van der Waals surface area (Å²) in [6.07, 6.45) is 5.30. The fraction of sp³-hybridized carbons (Fsp3) is 0.125. The maximum absolute atomic E-state index is 11.0. The second kappa shape index (κ2) is 5.28.